The number of nitrogens with one attached hydrogen (secondary N) is 1. The van der Waals surface area contributed by atoms with Crippen LogP contribution in [0.1, 0.15) is 55.7 Å². The Hall–Kier alpha value is -2.58. The van der Waals surface area contributed by atoms with Crippen molar-refractivity contribution in [2.75, 3.05) is 17.1 Å². The molecule has 1 atom stereocenters. The van der Waals surface area contributed by atoms with Gasteiger partial charge in [0, 0.05) is 17.6 Å². The van der Waals surface area contributed by atoms with Gasteiger partial charge in [-0.2, -0.15) is 0 Å². The third-order valence-electron chi connectivity index (χ3n) is 6.68. The summed E-state index contributed by atoms with van der Waals surface area (Å²) in [6.45, 7) is 5.43. The molecule has 1 aliphatic carbocycles. The Kier molecular flexibility index (Phi) is 9.41. The Morgan fingerprint density at radius 1 is 1.08 bits per heavy atom. The van der Waals surface area contributed by atoms with Crippen molar-refractivity contribution in [3.63, 3.8) is 0 Å². The molecule has 1 saturated carbocycles. The minimum Gasteiger partial charge on any atom is -0.352 e. The van der Waals surface area contributed by atoms with E-state index in [1.165, 1.54) is 4.90 Å². The quantitative estimate of drug-likeness (QED) is 0.484. The van der Waals surface area contributed by atoms with Gasteiger partial charge in [0.25, 0.3) is 0 Å². The predicted molar refractivity (Wildman–Crippen MR) is 145 cm³/mol. The maximum atomic E-state index is 13.7. The van der Waals surface area contributed by atoms with Crippen molar-refractivity contribution in [2.24, 2.45) is 0 Å². The molecule has 2 aromatic rings. The van der Waals surface area contributed by atoms with Crippen LogP contribution in [0, 0.1) is 13.8 Å². The molecule has 0 radical (unpaired) electrons. The fourth-order valence-corrected chi connectivity index (χ4v) is 5.54. The summed E-state index contributed by atoms with van der Waals surface area (Å²) >= 11 is 6.25. The number of anilines is 1. The smallest absolute Gasteiger partial charge is 0.244 e. The molecule has 36 heavy (non-hydrogen) atoms. The summed E-state index contributed by atoms with van der Waals surface area (Å²) in [5, 5.41) is 3.52. The molecule has 0 bridgehead atoms. The molecule has 2 amide bonds. The van der Waals surface area contributed by atoms with Gasteiger partial charge in [0.1, 0.15) is 12.6 Å². The largest absolute Gasteiger partial charge is 0.352 e. The van der Waals surface area contributed by atoms with Crippen LogP contribution in [0.3, 0.4) is 0 Å². The molecule has 3 rings (SSSR count). The Balaban J connectivity index is 1.92. The Morgan fingerprint density at radius 2 is 1.72 bits per heavy atom. The standard InChI is InChI=1S/C27H36ClN3O4S/c1-5-25(27(33)29-22-8-6-7-9-22)30(17-21-13-10-19(2)11-14-21)26(32)18-31(36(4,34)35)23-15-12-20(3)24(28)16-23/h10-16,22,25H,5-9,17-18H2,1-4H3,(H,29,33). The highest BCUT2D eigenvalue weighted by atomic mass is 35.5. The van der Waals surface area contributed by atoms with Crippen LogP contribution < -0.4 is 9.62 Å². The first kappa shape index (κ1) is 28.0. The number of aryl methyl sites for hydroxylation is 2. The highest BCUT2D eigenvalue weighted by Gasteiger charge is 2.33. The lowest BCUT2D eigenvalue weighted by Crippen LogP contribution is -2.53. The van der Waals surface area contributed by atoms with E-state index in [1.807, 2.05) is 45.0 Å². The van der Waals surface area contributed by atoms with E-state index in [0.717, 1.165) is 52.9 Å². The first-order valence-electron chi connectivity index (χ1n) is 12.4. The molecule has 1 fully saturated rings. The number of sulfonamides is 1. The Morgan fingerprint density at radius 3 is 2.28 bits per heavy atom. The van der Waals surface area contributed by atoms with Gasteiger partial charge in [-0.15, -0.1) is 0 Å². The van der Waals surface area contributed by atoms with Gasteiger partial charge in [-0.05, 0) is 56.4 Å². The Labute approximate surface area is 219 Å². The maximum Gasteiger partial charge on any atom is 0.244 e. The number of benzene rings is 2. The molecule has 196 valence electrons. The molecule has 0 heterocycles. The van der Waals surface area contributed by atoms with E-state index in [1.54, 1.807) is 18.2 Å². The van der Waals surface area contributed by atoms with Gasteiger partial charge in [0.05, 0.1) is 11.9 Å². The van der Waals surface area contributed by atoms with Crippen LogP contribution in [-0.2, 0) is 26.2 Å². The minimum atomic E-state index is -3.80. The molecule has 1 aliphatic rings. The summed E-state index contributed by atoms with van der Waals surface area (Å²) in [6.07, 6.45) is 5.49. The van der Waals surface area contributed by atoms with Gasteiger partial charge >= 0.3 is 0 Å². The second-order valence-electron chi connectivity index (χ2n) is 9.62. The average Bonchev–Trinajstić information content (AvgIpc) is 3.32. The van der Waals surface area contributed by atoms with Crippen molar-refractivity contribution >= 4 is 39.1 Å². The van der Waals surface area contributed by atoms with Crippen molar-refractivity contribution in [1.29, 1.82) is 0 Å². The summed E-state index contributed by atoms with van der Waals surface area (Å²) < 4.78 is 26.5. The topological polar surface area (TPSA) is 86.8 Å². The van der Waals surface area contributed by atoms with E-state index < -0.39 is 28.5 Å². The number of rotatable bonds is 10. The van der Waals surface area contributed by atoms with Crippen LogP contribution in [0.2, 0.25) is 5.02 Å². The van der Waals surface area contributed by atoms with Crippen molar-refractivity contribution in [3.05, 3.63) is 64.2 Å². The van der Waals surface area contributed by atoms with E-state index in [9.17, 15) is 18.0 Å². The fourth-order valence-electron chi connectivity index (χ4n) is 4.53. The molecule has 1 unspecified atom stereocenters. The summed E-state index contributed by atoms with van der Waals surface area (Å²) in [7, 11) is -3.80. The van der Waals surface area contributed by atoms with E-state index in [0.29, 0.717) is 17.1 Å². The molecule has 0 saturated heterocycles. The van der Waals surface area contributed by atoms with Crippen molar-refractivity contribution in [3.8, 4) is 0 Å². The maximum absolute atomic E-state index is 13.7. The molecule has 2 aromatic carbocycles. The second kappa shape index (κ2) is 12.1. The lowest BCUT2D eigenvalue weighted by Gasteiger charge is -2.33. The van der Waals surface area contributed by atoms with Crippen LogP contribution in [0.25, 0.3) is 0 Å². The lowest BCUT2D eigenvalue weighted by molar-refractivity contribution is -0.140. The molecule has 0 aliphatic heterocycles. The number of carbonyl (C=O) groups excluding carboxylic acids is 2. The van der Waals surface area contributed by atoms with Crippen molar-refractivity contribution in [2.45, 2.75) is 71.5 Å². The van der Waals surface area contributed by atoms with E-state index >= 15 is 0 Å². The summed E-state index contributed by atoms with van der Waals surface area (Å²) in [4.78, 5) is 28.5. The number of amides is 2. The third-order valence-corrected chi connectivity index (χ3v) is 8.23. The molecular formula is C27H36ClN3O4S. The zero-order valence-corrected chi connectivity index (χ0v) is 23.0. The number of halogens is 1. The second-order valence-corrected chi connectivity index (χ2v) is 11.9. The minimum absolute atomic E-state index is 0.116. The third kappa shape index (κ3) is 7.23. The van der Waals surface area contributed by atoms with E-state index in [2.05, 4.69) is 5.32 Å². The van der Waals surface area contributed by atoms with Gasteiger partial charge in [0.15, 0.2) is 0 Å². The van der Waals surface area contributed by atoms with E-state index in [4.69, 9.17) is 11.6 Å². The van der Waals surface area contributed by atoms with Crippen LogP contribution in [-0.4, -0.2) is 50.0 Å². The van der Waals surface area contributed by atoms with Crippen LogP contribution >= 0.6 is 11.6 Å². The zero-order valence-electron chi connectivity index (χ0n) is 21.5. The van der Waals surface area contributed by atoms with Crippen LogP contribution in [0.5, 0.6) is 0 Å². The number of carbonyl (C=O) groups is 2. The van der Waals surface area contributed by atoms with Gasteiger partial charge in [-0.3, -0.25) is 13.9 Å². The monoisotopic (exact) mass is 533 g/mol. The zero-order chi connectivity index (χ0) is 26.5. The predicted octanol–water partition coefficient (Wildman–Crippen LogP) is 4.59. The van der Waals surface area contributed by atoms with Crippen LogP contribution in [0.15, 0.2) is 42.5 Å². The molecule has 0 aromatic heterocycles. The highest BCUT2D eigenvalue weighted by Crippen LogP contribution is 2.26. The first-order chi connectivity index (χ1) is 17.0. The summed E-state index contributed by atoms with van der Waals surface area (Å²) in [6, 6.07) is 12.0. The van der Waals surface area contributed by atoms with Gasteiger partial charge < -0.3 is 10.2 Å². The van der Waals surface area contributed by atoms with Crippen LogP contribution in [0.4, 0.5) is 5.69 Å². The SMILES string of the molecule is CCC(C(=O)NC1CCCC1)N(Cc1ccc(C)cc1)C(=O)CN(c1ccc(C)c(Cl)c1)S(C)(=O)=O. The fraction of sp³-hybridized carbons (Fsp3) is 0.481. The van der Waals surface area contributed by atoms with Crippen molar-refractivity contribution < 1.29 is 18.0 Å². The summed E-state index contributed by atoms with van der Waals surface area (Å²) in [5.41, 5.74) is 3.06. The summed E-state index contributed by atoms with van der Waals surface area (Å²) in [5.74, 6) is -0.653. The first-order valence-corrected chi connectivity index (χ1v) is 14.6. The number of hydrogen-bond donors (Lipinski definition) is 1. The molecule has 7 nitrogen and oxygen atoms in total. The molecular weight excluding hydrogens is 498 g/mol. The Bertz CT molecular complexity index is 1180. The van der Waals surface area contributed by atoms with Gasteiger partial charge in [-0.1, -0.05) is 67.3 Å². The van der Waals surface area contributed by atoms with Crippen molar-refractivity contribution in [1.82, 2.24) is 10.2 Å². The van der Waals surface area contributed by atoms with E-state index in [-0.39, 0.29) is 18.5 Å². The van der Waals surface area contributed by atoms with Gasteiger partial charge in [-0.25, -0.2) is 8.42 Å². The molecule has 1 N–H and O–H groups in total. The lowest BCUT2D eigenvalue weighted by atomic mass is 10.1. The normalized spacial score (nSPS) is 14.9. The van der Waals surface area contributed by atoms with Gasteiger partial charge in [0.2, 0.25) is 21.8 Å². The average molecular weight is 534 g/mol. The highest BCUT2D eigenvalue weighted by molar-refractivity contribution is 7.92. The molecule has 9 heteroatoms. The number of hydrogen-bond acceptors (Lipinski definition) is 4. The number of nitrogens with zero attached hydrogens (tertiary/aromatic N) is 2. The molecule has 0 spiro atoms.